The van der Waals surface area contributed by atoms with Crippen molar-refractivity contribution in [1.82, 2.24) is 5.32 Å². The van der Waals surface area contributed by atoms with E-state index in [2.05, 4.69) is 11.4 Å². The van der Waals surface area contributed by atoms with Crippen LogP contribution in [0.3, 0.4) is 0 Å². The minimum Gasteiger partial charge on any atom is -0.341 e. The van der Waals surface area contributed by atoms with Gasteiger partial charge in [0.2, 0.25) is 0 Å². The van der Waals surface area contributed by atoms with E-state index in [1.807, 2.05) is 18.2 Å². The van der Waals surface area contributed by atoms with Gasteiger partial charge in [0.15, 0.2) is 0 Å². The lowest BCUT2D eigenvalue weighted by atomic mass is 10.2. The van der Waals surface area contributed by atoms with Gasteiger partial charge in [-0.15, -0.1) is 0 Å². The van der Waals surface area contributed by atoms with E-state index in [9.17, 15) is 4.79 Å². The lowest BCUT2D eigenvalue weighted by Gasteiger charge is -2.15. The standard InChI is InChI=1S/C10H12N2O.CH4/c1-11-10(13)12-7-6-8-4-2-3-5-9(8)12;/h2-5H,6-7H2,1H3,(H,11,13);1H4. The molecule has 1 aliphatic heterocycles. The Kier molecular flexibility index (Phi) is 3.12. The third-order valence-electron chi connectivity index (χ3n) is 2.35. The summed E-state index contributed by atoms with van der Waals surface area (Å²) in [5.41, 5.74) is 2.30. The lowest BCUT2D eigenvalue weighted by Crippen LogP contribution is -2.36. The van der Waals surface area contributed by atoms with Crippen molar-refractivity contribution in [2.24, 2.45) is 0 Å². The van der Waals surface area contributed by atoms with Crippen molar-refractivity contribution in [3.8, 4) is 0 Å². The first kappa shape index (κ1) is 10.6. The van der Waals surface area contributed by atoms with Crippen LogP contribution in [0.25, 0.3) is 0 Å². The Morgan fingerprint density at radius 1 is 1.43 bits per heavy atom. The molecule has 3 heteroatoms. The minimum atomic E-state index is -0.0232. The summed E-state index contributed by atoms with van der Waals surface area (Å²) in [5, 5.41) is 2.63. The summed E-state index contributed by atoms with van der Waals surface area (Å²) in [6, 6.07) is 7.99. The third-order valence-corrected chi connectivity index (χ3v) is 2.35. The Bertz CT molecular complexity index is 336. The smallest absolute Gasteiger partial charge is 0.321 e. The maximum absolute atomic E-state index is 11.4. The molecular formula is C11H16N2O. The molecule has 76 valence electrons. The largest absolute Gasteiger partial charge is 0.341 e. The Hall–Kier alpha value is -1.51. The number of amides is 2. The molecule has 1 heterocycles. The van der Waals surface area contributed by atoms with Gasteiger partial charge in [-0.3, -0.25) is 4.90 Å². The molecule has 0 fully saturated rings. The van der Waals surface area contributed by atoms with Gasteiger partial charge in [0, 0.05) is 19.3 Å². The summed E-state index contributed by atoms with van der Waals surface area (Å²) >= 11 is 0. The number of anilines is 1. The van der Waals surface area contributed by atoms with Gasteiger partial charge < -0.3 is 5.32 Å². The Morgan fingerprint density at radius 3 is 2.86 bits per heavy atom. The first-order valence-electron chi connectivity index (χ1n) is 4.40. The number of nitrogens with one attached hydrogen (secondary N) is 1. The van der Waals surface area contributed by atoms with Crippen LogP contribution in [-0.4, -0.2) is 19.6 Å². The van der Waals surface area contributed by atoms with E-state index < -0.39 is 0 Å². The van der Waals surface area contributed by atoms with Crippen LogP contribution in [0.2, 0.25) is 0 Å². The SMILES string of the molecule is C.CNC(=O)N1CCc2ccccc21. The number of nitrogens with zero attached hydrogens (tertiary/aromatic N) is 1. The molecule has 0 aliphatic carbocycles. The second kappa shape index (κ2) is 4.13. The van der Waals surface area contributed by atoms with E-state index in [1.165, 1.54) is 5.56 Å². The highest BCUT2D eigenvalue weighted by Gasteiger charge is 2.22. The van der Waals surface area contributed by atoms with Crippen LogP contribution in [0.15, 0.2) is 24.3 Å². The fourth-order valence-corrected chi connectivity index (χ4v) is 1.68. The minimum absolute atomic E-state index is 0. The van der Waals surface area contributed by atoms with Gasteiger partial charge in [0.25, 0.3) is 0 Å². The molecule has 1 aromatic rings. The Balaban J connectivity index is 0.000000980. The molecule has 0 spiro atoms. The molecule has 0 radical (unpaired) electrons. The van der Waals surface area contributed by atoms with E-state index in [0.29, 0.717) is 0 Å². The van der Waals surface area contributed by atoms with Gasteiger partial charge in [-0.05, 0) is 18.1 Å². The van der Waals surface area contributed by atoms with Gasteiger partial charge in [0.1, 0.15) is 0 Å². The fourth-order valence-electron chi connectivity index (χ4n) is 1.68. The zero-order chi connectivity index (χ0) is 9.26. The highest BCUT2D eigenvalue weighted by atomic mass is 16.2. The maximum atomic E-state index is 11.4. The summed E-state index contributed by atoms with van der Waals surface area (Å²) in [7, 11) is 1.66. The molecule has 2 amide bonds. The lowest BCUT2D eigenvalue weighted by molar-refractivity contribution is 0.248. The number of hydrogen-bond acceptors (Lipinski definition) is 1. The van der Waals surface area contributed by atoms with Gasteiger partial charge in [-0.2, -0.15) is 0 Å². The van der Waals surface area contributed by atoms with Crippen LogP contribution in [0.5, 0.6) is 0 Å². The molecule has 0 atom stereocenters. The number of carbonyl (C=O) groups excluding carboxylic acids is 1. The van der Waals surface area contributed by atoms with Gasteiger partial charge in [-0.25, -0.2) is 4.79 Å². The number of benzene rings is 1. The molecule has 1 N–H and O–H groups in total. The van der Waals surface area contributed by atoms with Crippen molar-refractivity contribution >= 4 is 11.7 Å². The quantitative estimate of drug-likeness (QED) is 0.670. The number of carbonyl (C=O) groups is 1. The van der Waals surface area contributed by atoms with Crippen LogP contribution in [0.4, 0.5) is 10.5 Å². The van der Waals surface area contributed by atoms with E-state index in [0.717, 1.165) is 18.7 Å². The summed E-state index contributed by atoms with van der Waals surface area (Å²) in [6.45, 7) is 0.791. The van der Waals surface area contributed by atoms with Crippen molar-refractivity contribution in [1.29, 1.82) is 0 Å². The Labute approximate surface area is 84.7 Å². The predicted molar refractivity (Wildman–Crippen MR) is 58.7 cm³/mol. The summed E-state index contributed by atoms with van der Waals surface area (Å²) in [6.07, 6.45) is 0.962. The molecule has 2 rings (SSSR count). The van der Waals surface area contributed by atoms with E-state index >= 15 is 0 Å². The zero-order valence-electron chi connectivity index (χ0n) is 7.58. The van der Waals surface area contributed by atoms with Crippen molar-refractivity contribution in [3.63, 3.8) is 0 Å². The van der Waals surface area contributed by atoms with E-state index in [-0.39, 0.29) is 13.5 Å². The molecule has 1 aliphatic rings. The van der Waals surface area contributed by atoms with Crippen LogP contribution in [0, 0.1) is 0 Å². The molecule has 0 saturated carbocycles. The number of fused-ring (bicyclic) bond motifs is 1. The zero-order valence-corrected chi connectivity index (χ0v) is 7.58. The molecule has 0 bridgehead atoms. The molecule has 0 unspecified atom stereocenters. The number of urea groups is 1. The van der Waals surface area contributed by atoms with Crippen LogP contribution >= 0.6 is 0 Å². The normalized spacial score (nSPS) is 13.1. The van der Waals surface area contributed by atoms with Crippen molar-refractivity contribution in [3.05, 3.63) is 29.8 Å². The summed E-state index contributed by atoms with van der Waals surface area (Å²) in [5.74, 6) is 0. The fraction of sp³-hybridized carbons (Fsp3) is 0.364. The van der Waals surface area contributed by atoms with Crippen LogP contribution < -0.4 is 10.2 Å². The van der Waals surface area contributed by atoms with Crippen LogP contribution in [0.1, 0.15) is 13.0 Å². The number of rotatable bonds is 0. The predicted octanol–water partition coefficient (Wildman–Crippen LogP) is 2.02. The van der Waals surface area contributed by atoms with Crippen LogP contribution in [-0.2, 0) is 6.42 Å². The molecule has 0 saturated heterocycles. The highest BCUT2D eigenvalue weighted by molar-refractivity contribution is 5.93. The van der Waals surface area contributed by atoms with Crippen molar-refractivity contribution in [2.45, 2.75) is 13.8 Å². The molecule has 14 heavy (non-hydrogen) atoms. The summed E-state index contributed by atoms with van der Waals surface area (Å²) < 4.78 is 0. The Morgan fingerprint density at radius 2 is 2.14 bits per heavy atom. The third kappa shape index (κ3) is 1.58. The topological polar surface area (TPSA) is 32.3 Å². The summed E-state index contributed by atoms with van der Waals surface area (Å²) in [4.78, 5) is 13.2. The monoisotopic (exact) mass is 192 g/mol. The number of para-hydroxylation sites is 1. The average molecular weight is 192 g/mol. The molecule has 3 nitrogen and oxygen atoms in total. The maximum Gasteiger partial charge on any atom is 0.321 e. The molecule has 0 aromatic heterocycles. The van der Waals surface area contributed by atoms with Gasteiger partial charge in [-0.1, -0.05) is 25.6 Å². The van der Waals surface area contributed by atoms with Crippen molar-refractivity contribution in [2.75, 3.05) is 18.5 Å². The van der Waals surface area contributed by atoms with E-state index in [1.54, 1.807) is 11.9 Å². The average Bonchev–Trinajstić information content (AvgIpc) is 2.60. The number of hydrogen-bond donors (Lipinski definition) is 1. The molecular weight excluding hydrogens is 176 g/mol. The second-order valence-electron chi connectivity index (χ2n) is 3.09. The first-order valence-corrected chi connectivity index (χ1v) is 4.40. The second-order valence-corrected chi connectivity index (χ2v) is 3.09. The van der Waals surface area contributed by atoms with Crippen molar-refractivity contribution < 1.29 is 4.79 Å². The van der Waals surface area contributed by atoms with Gasteiger partial charge >= 0.3 is 6.03 Å². The van der Waals surface area contributed by atoms with Gasteiger partial charge in [0.05, 0.1) is 0 Å². The first-order chi connectivity index (χ1) is 6.33. The highest BCUT2D eigenvalue weighted by Crippen LogP contribution is 2.26. The van der Waals surface area contributed by atoms with E-state index in [4.69, 9.17) is 0 Å². The molecule has 1 aromatic carbocycles.